The fourth-order valence-corrected chi connectivity index (χ4v) is 4.65. The Morgan fingerprint density at radius 1 is 1.09 bits per heavy atom. The van der Waals surface area contributed by atoms with Crippen molar-refractivity contribution in [3.63, 3.8) is 0 Å². The highest BCUT2D eigenvalue weighted by atomic mass is 35.5. The van der Waals surface area contributed by atoms with Crippen molar-refractivity contribution in [1.29, 1.82) is 0 Å². The molecule has 3 N–H and O–H groups in total. The molecular weight excluding hydrogens is 666 g/mol. The fourth-order valence-electron chi connectivity index (χ4n) is 4.53. The number of benzene rings is 1. The molecule has 14 nitrogen and oxygen atoms in total. The number of hydrogen-bond donors (Lipinski definition) is 3. The molecule has 21 heteroatoms. The molecule has 2 amide bonds. The van der Waals surface area contributed by atoms with Crippen LogP contribution in [0.15, 0.2) is 47.4 Å². The molecule has 1 saturated heterocycles. The first-order chi connectivity index (χ1) is 22.1. The summed E-state index contributed by atoms with van der Waals surface area (Å²) in [5.74, 6) is -2.05. The van der Waals surface area contributed by atoms with Crippen molar-refractivity contribution in [3.05, 3.63) is 69.6 Å². The van der Waals surface area contributed by atoms with Crippen LogP contribution < -0.4 is 21.2 Å². The van der Waals surface area contributed by atoms with Crippen molar-refractivity contribution in [2.45, 2.75) is 31.5 Å². The number of carbonyl (C=O) groups is 2. The highest BCUT2D eigenvalue weighted by Gasteiger charge is 2.39. The molecule has 1 fully saturated rings. The standard InChI is InChI=1S/C26H23ClF6N10O4/c27-15-5-3-14(4-6-15)21-39-42(24(47)41(21)10-17(44)26(31,32)33)11-18-37-23(40-9-8-34-19(45)12-40)43(38-18)16-2-1-7-35-20(16)22(46)36-13-25(28,29)30/h1-7,17,44H,8-13H2,(H,34,45)(H,36,46)/t17-/m0/s1. The Morgan fingerprint density at radius 3 is 2.47 bits per heavy atom. The molecule has 4 heterocycles. The Hall–Kier alpha value is -4.98. The average molecular weight is 689 g/mol. The van der Waals surface area contributed by atoms with Crippen molar-refractivity contribution >= 4 is 29.4 Å². The van der Waals surface area contributed by atoms with Gasteiger partial charge in [-0.25, -0.2) is 14.5 Å². The van der Waals surface area contributed by atoms with E-state index in [1.807, 2.05) is 0 Å². The molecule has 0 spiro atoms. The van der Waals surface area contributed by atoms with Crippen LogP contribution in [0.1, 0.15) is 16.3 Å². The Kier molecular flexibility index (Phi) is 9.25. The second kappa shape index (κ2) is 13.0. The van der Waals surface area contributed by atoms with Gasteiger partial charge < -0.3 is 20.6 Å². The van der Waals surface area contributed by atoms with Gasteiger partial charge in [0, 0.05) is 29.9 Å². The summed E-state index contributed by atoms with van der Waals surface area (Å²) in [5.41, 5.74) is -1.46. The number of rotatable bonds is 9. The predicted molar refractivity (Wildman–Crippen MR) is 151 cm³/mol. The number of aliphatic hydroxyl groups excluding tert-OH is 1. The third-order valence-corrected chi connectivity index (χ3v) is 6.94. The molecule has 47 heavy (non-hydrogen) atoms. The number of aliphatic hydroxyl groups is 1. The van der Waals surface area contributed by atoms with Crippen molar-refractivity contribution in [3.8, 4) is 17.1 Å². The van der Waals surface area contributed by atoms with Crippen molar-refractivity contribution in [1.82, 2.24) is 44.7 Å². The van der Waals surface area contributed by atoms with Gasteiger partial charge in [0.1, 0.15) is 13.1 Å². The van der Waals surface area contributed by atoms with E-state index in [9.17, 15) is 45.8 Å². The second-order valence-electron chi connectivity index (χ2n) is 10.1. The molecule has 4 aromatic rings. The van der Waals surface area contributed by atoms with Crippen LogP contribution in [0.2, 0.25) is 5.02 Å². The summed E-state index contributed by atoms with van der Waals surface area (Å²) in [6.07, 6.45) is -11.5. The van der Waals surface area contributed by atoms with E-state index in [1.165, 1.54) is 41.3 Å². The molecule has 250 valence electrons. The van der Waals surface area contributed by atoms with Crippen LogP contribution in [0.3, 0.4) is 0 Å². The molecule has 0 bridgehead atoms. The normalized spacial score (nSPS) is 14.6. The van der Waals surface area contributed by atoms with Gasteiger partial charge in [0.05, 0.1) is 18.8 Å². The monoisotopic (exact) mass is 688 g/mol. The predicted octanol–water partition coefficient (Wildman–Crippen LogP) is 1.54. The number of amides is 2. The lowest BCUT2D eigenvalue weighted by atomic mass is 10.2. The molecule has 0 radical (unpaired) electrons. The molecule has 0 aliphatic carbocycles. The van der Waals surface area contributed by atoms with Crippen molar-refractivity contribution < 1.29 is 41.0 Å². The molecule has 0 saturated carbocycles. The first kappa shape index (κ1) is 33.4. The Bertz CT molecular complexity index is 1840. The number of pyridine rings is 1. The van der Waals surface area contributed by atoms with Gasteiger partial charge in [-0.15, -0.1) is 10.2 Å². The number of piperazine rings is 1. The van der Waals surface area contributed by atoms with E-state index in [0.717, 1.165) is 15.6 Å². The Balaban J connectivity index is 1.58. The van der Waals surface area contributed by atoms with Crippen LogP contribution in [0.4, 0.5) is 32.3 Å². The SMILES string of the molecule is O=C1CN(c2nc(Cn3nc(-c4ccc(Cl)cc4)n(C[C@H](O)C(F)(F)F)c3=O)nn2-c2cccnc2C(=O)NCC(F)(F)F)CCN1. The zero-order valence-electron chi connectivity index (χ0n) is 23.8. The van der Waals surface area contributed by atoms with Gasteiger partial charge in [-0.2, -0.15) is 36.0 Å². The molecule has 1 aliphatic rings. The van der Waals surface area contributed by atoms with E-state index < -0.39 is 61.3 Å². The second-order valence-corrected chi connectivity index (χ2v) is 10.6. The molecule has 1 atom stereocenters. The van der Waals surface area contributed by atoms with E-state index in [1.54, 1.807) is 5.32 Å². The quantitative estimate of drug-likeness (QED) is 0.221. The van der Waals surface area contributed by atoms with E-state index in [2.05, 4.69) is 25.5 Å². The Labute approximate surface area is 264 Å². The number of nitrogens with zero attached hydrogens (tertiary/aromatic N) is 8. The topological polar surface area (TPSA) is 165 Å². The summed E-state index contributed by atoms with van der Waals surface area (Å²) >= 11 is 5.93. The van der Waals surface area contributed by atoms with E-state index in [0.29, 0.717) is 9.59 Å². The minimum atomic E-state index is -5.05. The molecule has 3 aromatic heterocycles. The maximum atomic E-state index is 13.4. The number of halogens is 7. The smallest absolute Gasteiger partial charge is 0.382 e. The molecule has 5 rings (SSSR count). The van der Waals surface area contributed by atoms with Gasteiger partial charge in [-0.05, 0) is 36.4 Å². The van der Waals surface area contributed by atoms with Gasteiger partial charge in [-0.1, -0.05) is 11.6 Å². The minimum absolute atomic E-state index is 0.0504. The third-order valence-electron chi connectivity index (χ3n) is 6.68. The van der Waals surface area contributed by atoms with Gasteiger partial charge >= 0.3 is 18.0 Å². The largest absolute Gasteiger partial charge is 0.416 e. The minimum Gasteiger partial charge on any atom is -0.382 e. The first-order valence-corrected chi connectivity index (χ1v) is 13.9. The van der Waals surface area contributed by atoms with Gasteiger partial charge in [0.2, 0.25) is 11.9 Å². The Morgan fingerprint density at radius 2 is 1.81 bits per heavy atom. The first-order valence-electron chi connectivity index (χ1n) is 13.6. The van der Waals surface area contributed by atoms with E-state index >= 15 is 0 Å². The lowest BCUT2D eigenvalue weighted by Gasteiger charge is -2.27. The summed E-state index contributed by atoms with van der Waals surface area (Å²) in [5, 5.41) is 22.9. The van der Waals surface area contributed by atoms with E-state index in [4.69, 9.17) is 11.6 Å². The fraction of sp³-hybridized carbons (Fsp3) is 0.346. The van der Waals surface area contributed by atoms with E-state index in [-0.39, 0.29) is 48.5 Å². The van der Waals surface area contributed by atoms with Gasteiger partial charge in [-0.3, -0.25) is 14.2 Å². The highest BCUT2D eigenvalue weighted by Crippen LogP contribution is 2.25. The number of hydrogen-bond acceptors (Lipinski definition) is 9. The van der Waals surface area contributed by atoms with Crippen molar-refractivity contribution in [2.75, 3.05) is 31.1 Å². The summed E-state index contributed by atoms with van der Waals surface area (Å²) in [4.78, 5) is 48.1. The highest BCUT2D eigenvalue weighted by molar-refractivity contribution is 6.30. The lowest BCUT2D eigenvalue weighted by Crippen LogP contribution is -2.48. The molecular formula is C26H23ClF6N10O4. The lowest BCUT2D eigenvalue weighted by molar-refractivity contribution is -0.207. The number of alkyl halides is 6. The third kappa shape index (κ3) is 7.71. The zero-order valence-corrected chi connectivity index (χ0v) is 24.5. The number of aromatic nitrogens is 7. The molecule has 0 unspecified atom stereocenters. The number of nitrogens with one attached hydrogen (secondary N) is 2. The maximum Gasteiger partial charge on any atom is 0.416 e. The van der Waals surface area contributed by atoms with Crippen LogP contribution >= 0.6 is 11.6 Å². The van der Waals surface area contributed by atoms with Crippen LogP contribution in [-0.2, 0) is 17.9 Å². The average Bonchev–Trinajstić information content (AvgIpc) is 3.56. The van der Waals surface area contributed by atoms with Crippen molar-refractivity contribution in [2.24, 2.45) is 0 Å². The van der Waals surface area contributed by atoms with Crippen LogP contribution in [0.25, 0.3) is 17.1 Å². The molecule has 1 aromatic carbocycles. The van der Waals surface area contributed by atoms with Crippen LogP contribution in [0.5, 0.6) is 0 Å². The van der Waals surface area contributed by atoms with Gasteiger partial charge in [0.25, 0.3) is 5.91 Å². The zero-order chi connectivity index (χ0) is 34.1. The summed E-state index contributed by atoms with van der Waals surface area (Å²) in [6, 6.07) is 8.35. The summed E-state index contributed by atoms with van der Waals surface area (Å²) in [7, 11) is 0. The summed E-state index contributed by atoms with van der Waals surface area (Å²) < 4.78 is 80.6. The van der Waals surface area contributed by atoms with Crippen LogP contribution in [-0.4, -0.2) is 95.7 Å². The van der Waals surface area contributed by atoms with Crippen LogP contribution in [0, 0.1) is 0 Å². The molecule has 1 aliphatic heterocycles. The van der Waals surface area contributed by atoms with Gasteiger partial charge in [0.15, 0.2) is 23.4 Å². The maximum absolute atomic E-state index is 13.4. The number of anilines is 1. The summed E-state index contributed by atoms with van der Waals surface area (Å²) in [6.45, 7) is -3.23. The number of carbonyl (C=O) groups excluding carboxylic acids is 2.